The van der Waals surface area contributed by atoms with Crippen molar-refractivity contribution in [3.8, 4) is 0 Å². The maximum absolute atomic E-state index is 12.0. The molecule has 1 heterocycles. The molecule has 6 heteroatoms. The number of alkyl carbamates (subject to hydrolysis) is 1. The minimum absolute atomic E-state index is 0.318. The normalized spacial score (nSPS) is 18.2. The van der Waals surface area contributed by atoms with E-state index in [1.807, 2.05) is 51.1 Å². The van der Waals surface area contributed by atoms with Crippen LogP contribution in [0.25, 0.3) is 0 Å². The summed E-state index contributed by atoms with van der Waals surface area (Å²) in [6, 6.07) is 9.67. The molecular weight excluding hydrogens is 320 g/mol. The van der Waals surface area contributed by atoms with E-state index in [2.05, 4.69) is 10.2 Å². The number of methoxy groups -OCH3 is 1. The molecule has 1 unspecified atom stereocenters. The first-order chi connectivity index (χ1) is 11.8. The maximum atomic E-state index is 12.0. The van der Waals surface area contributed by atoms with Gasteiger partial charge in [-0.25, -0.2) is 9.59 Å². The topological polar surface area (TPSA) is 67.9 Å². The Labute approximate surface area is 148 Å². The lowest BCUT2D eigenvalue weighted by molar-refractivity contribution is -0.136. The van der Waals surface area contributed by atoms with Crippen LogP contribution >= 0.6 is 0 Å². The number of benzene rings is 1. The minimum atomic E-state index is -0.572. The maximum Gasteiger partial charge on any atom is 0.408 e. The summed E-state index contributed by atoms with van der Waals surface area (Å²) < 4.78 is 10.1. The molecular formula is C19H26N2O4. The first kappa shape index (κ1) is 19.0. The van der Waals surface area contributed by atoms with Gasteiger partial charge >= 0.3 is 12.1 Å². The zero-order valence-corrected chi connectivity index (χ0v) is 15.2. The third kappa shape index (κ3) is 6.23. The second-order valence-electron chi connectivity index (χ2n) is 7.09. The molecule has 1 atom stereocenters. The van der Waals surface area contributed by atoms with Crippen molar-refractivity contribution >= 4 is 12.1 Å². The smallest absolute Gasteiger partial charge is 0.408 e. The largest absolute Gasteiger partial charge is 0.466 e. The lowest BCUT2D eigenvalue weighted by Gasteiger charge is -2.32. The number of carbonyl (C=O) groups is 2. The van der Waals surface area contributed by atoms with E-state index in [-0.39, 0.29) is 12.0 Å². The molecule has 1 aliphatic heterocycles. The number of esters is 1. The van der Waals surface area contributed by atoms with Gasteiger partial charge in [0.1, 0.15) is 5.60 Å². The molecule has 0 aliphatic carbocycles. The molecule has 1 amide bonds. The lowest BCUT2D eigenvalue weighted by Crippen LogP contribution is -2.48. The zero-order chi connectivity index (χ0) is 18.4. The van der Waals surface area contributed by atoms with Gasteiger partial charge in [-0.3, -0.25) is 4.90 Å². The van der Waals surface area contributed by atoms with Crippen molar-refractivity contribution in [2.24, 2.45) is 0 Å². The van der Waals surface area contributed by atoms with Gasteiger partial charge in [-0.05, 0) is 32.4 Å². The second kappa shape index (κ2) is 8.16. The number of nitrogens with zero attached hydrogens (tertiary/aromatic N) is 1. The molecule has 0 aromatic heterocycles. The standard InChI is InChI=1S/C19H26N2O4/c1-19(2,3)25-18(23)20-16-10-15(17(22)24-4)12-21(13-16)11-14-8-6-5-7-9-14/h5-10,16H,11-13H2,1-4H3,(H,20,23). The van der Waals surface area contributed by atoms with E-state index in [0.717, 1.165) is 5.56 Å². The van der Waals surface area contributed by atoms with Crippen molar-refractivity contribution < 1.29 is 19.1 Å². The Bertz CT molecular complexity index is 635. The van der Waals surface area contributed by atoms with Crippen LogP contribution in [0.3, 0.4) is 0 Å². The third-order valence-corrected chi connectivity index (χ3v) is 3.65. The van der Waals surface area contributed by atoms with Crippen molar-refractivity contribution in [1.82, 2.24) is 10.2 Å². The van der Waals surface area contributed by atoms with Crippen LogP contribution in [0.5, 0.6) is 0 Å². The van der Waals surface area contributed by atoms with Gasteiger partial charge in [0.25, 0.3) is 0 Å². The average molecular weight is 346 g/mol. The number of ether oxygens (including phenoxy) is 2. The number of nitrogens with one attached hydrogen (secondary N) is 1. The molecule has 136 valence electrons. The summed E-state index contributed by atoms with van der Waals surface area (Å²) in [7, 11) is 1.36. The number of rotatable bonds is 4. The fraction of sp³-hybridized carbons (Fsp3) is 0.474. The fourth-order valence-corrected chi connectivity index (χ4v) is 2.70. The highest BCUT2D eigenvalue weighted by Crippen LogP contribution is 2.16. The van der Waals surface area contributed by atoms with E-state index >= 15 is 0 Å². The summed E-state index contributed by atoms with van der Waals surface area (Å²) in [4.78, 5) is 26.1. The van der Waals surface area contributed by atoms with E-state index in [1.54, 1.807) is 6.08 Å². The quantitative estimate of drug-likeness (QED) is 0.849. The van der Waals surface area contributed by atoms with Crippen LogP contribution in [-0.4, -0.2) is 48.8 Å². The monoisotopic (exact) mass is 346 g/mol. The van der Waals surface area contributed by atoms with E-state index in [0.29, 0.717) is 25.2 Å². The predicted octanol–water partition coefficient (Wildman–Crippen LogP) is 2.49. The van der Waals surface area contributed by atoms with E-state index in [1.165, 1.54) is 7.11 Å². The van der Waals surface area contributed by atoms with Crippen LogP contribution < -0.4 is 5.32 Å². The minimum Gasteiger partial charge on any atom is -0.466 e. The molecule has 2 rings (SSSR count). The molecule has 6 nitrogen and oxygen atoms in total. The highest BCUT2D eigenvalue weighted by atomic mass is 16.6. The highest BCUT2D eigenvalue weighted by Gasteiger charge is 2.27. The Morgan fingerprint density at radius 2 is 1.92 bits per heavy atom. The first-order valence-corrected chi connectivity index (χ1v) is 8.31. The van der Waals surface area contributed by atoms with Gasteiger partial charge in [-0.1, -0.05) is 30.3 Å². The molecule has 0 spiro atoms. The van der Waals surface area contributed by atoms with Crippen molar-refractivity contribution in [3.63, 3.8) is 0 Å². The van der Waals surface area contributed by atoms with Gasteiger partial charge in [-0.15, -0.1) is 0 Å². The second-order valence-corrected chi connectivity index (χ2v) is 7.09. The first-order valence-electron chi connectivity index (χ1n) is 8.31. The molecule has 1 N–H and O–H groups in total. The number of hydrogen-bond acceptors (Lipinski definition) is 5. The van der Waals surface area contributed by atoms with Gasteiger partial charge < -0.3 is 14.8 Å². The van der Waals surface area contributed by atoms with Crippen molar-refractivity contribution in [2.75, 3.05) is 20.2 Å². The highest BCUT2D eigenvalue weighted by molar-refractivity contribution is 5.89. The van der Waals surface area contributed by atoms with Crippen LogP contribution in [0.1, 0.15) is 26.3 Å². The zero-order valence-electron chi connectivity index (χ0n) is 15.2. The lowest BCUT2D eigenvalue weighted by atomic mass is 10.0. The third-order valence-electron chi connectivity index (χ3n) is 3.65. The number of hydrogen-bond donors (Lipinski definition) is 1. The SMILES string of the molecule is COC(=O)C1=CC(NC(=O)OC(C)(C)C)CN(Cc2ccccc2)C1. The summed E-state index contributed by atoms with van der Waals surface area (Å²) in [5.41, 5.74) is 1.10. The summed E-state index contributed by atoms with van der Waals surface area (Å²) in [5.74, 6) is -0.381. The Balaban J connectivity index is 2.08. The molecule has 1 aliphatic rings. The van der Waals surface area contributed by atoms with Crippen molar-refractivity contribution in [2.45, 2.75) is 39.0 Å². The van der Waals surface area contributed by atoms with Crippen molar-refractivity contribution in [1.29, 1.82) is 0 Å². The fourth-order valence-electron chi connectivity index (χ4n) is 2.70. The van der Waals surface area contributed by atoms with Crippen LogP contribution in [0.2, 0.25) is 0 Å². The summed E-state index contributed by atoms with van der Waals surface area (Å²) in [6.07, 6.45) is 1.25. The Kier molecular flexibility index (Phi) is 6.20. The molecule has 25 heavy (non-hydrogen) atoms. The molecule has 0 radical (unpaired) electrons. The number of carbonyl (C=O) groups excluding carboxylic acids is 2. The molecule has 1 aromatic rings. The Hall–Kier alpha value is -2.34. The predicted molar refractivity (Wildman–Crippen MR) is 95.0 cm³/mol. The van der Waals surface area contributed by atoms with Crippen LogP contribution in [-0.2, 0) is 20.8 Å². The van der Waals surface area contributed by atoms with Crippen LogP contribution in [0, 0.1) is 0 Å². The summed E-state index contributed by atoms with van der Waals surface area (Å²) in [5, 5.41) is 2.81. The summed E-state index contributed by atoms with van der Waals surface area (Å²) >= 11 is 0. The molecule has 0 bridgehead atoms. The number of amides is 1. The van der Waals surface area contributed by atoms with Gasteiger partial charge in [-0.2, -0.15) is 0 Å². The van der Waals surface area contributed by atoms with Gasteiger partial charge in [0.05, 0.1) is 13.2 Å². The Morgan fingerprint density at radius 3 is 2.52 bits per heavy atom. The van der Waals surface area contributed by atoms with E-state index in [4.69, 9.17) is 9.47 Å². The van der Waals surface area contributed by atoms with Gasteiger partial charge in [0, 0.05) is 25.2 Å². The molecule has 1 aromatic carbocycles. The van der Waals surface area contributed by atoms with Gasteiger partial charge in [0.2, 0.25) is 0 Å². The molecule has 0 saturated heterocycles. The van der Waals surface area contributed by atoms with Crippen molar-refractivity contribution in [3.05, 3.63) is 47.5 Å². The molecule has 0 saturated carbocycles. The van der Waals surface area contributed by atoms with E-state index < -0.39 is 11.7 Å². The molecule has 0 fully saturated rings. The van der Waals surface area contributed by atoms with E-state index in [9.17, 15) is 9.59 Å². The average Bonchev–Trinajstić information content (AvgIpc) is 2.53. The van der Waals surface area contributed by atoms with Gasteiger partial charge in [0.15, 0.2) is 0 Å². The van der Waals surface area contributed by atoms with Crippen LogP contribution in [0.15, 0.2) is 42.0 Å². The van der Waals surface area contributed by atoms with Crippen LogP contribution in [0.4, 0.5) is 4.79 Å². The Morgan fingerprint density at radius 1 is 1.24 bits per heavy atom. The summed E-state index contributed by atoms with van der Waals surface area (Å²) in [6.45, 7) is 7.19.